The van der Waals surface area contributed by atoms with Crippen molar-refractivity contribution in [3.05, 3.63) is 95.6 Å². The van der Waals surface area contributed by atoms with Gasteiger partial charge in [0.1, 0.15) is 0 Å². The Hall–Kier alpha value is -3.40. The molecule has 3 aliphatic rings. The van der Waals surface area contributed by atoms with Crippen LogP contribution in [0.25, 0.3) is 11.1 Å². The molecule has 1 unspecified atom stereocenters. The van der Waals surface area contributed by atoms with E-state index in [9.17, 15) is 9.59 Å². The maximum Gasteiger partial charge on any atom is 0.251 e. The summed E-state index contributed by atoms with van der Waals surface area (Å²) in [5, 5.41) is 6.58. The zero-order chi connectivity index (χ0) is 27.7. The number of fused-ring (bicyclic) bond motifs is 3. The zero-order valence-electron chi connectivity index (χ0n) is 23.8. The number of amides is 2. The lowest BCUT2D eigenvalue weighted by Gasteiger charge is -2.52. The molecular formula is C35H42N2O2. The number of hydrogen-bond acceptors (Lipinski definition) is 2. The Morgan fingerprint density at radius 2 is 1.38 bits per heavy atom. The Labute approximate surface area is 233 Å². The Morgan fingerprint density at radius 3 is 2.00 bits per heavy atom. The molecule has 0 aromatic heterocycles. The molecule has 204 valence electrons. The Bertz CT molecular complexity index is 1300. The summed E-state index contributed by atoms with van der Waals surface area (Å²) in [5.74, 6) is 0.180. The zero-order valence-corrected chi connectivity index (χ0v) is 23.8. The minimum absolute atomic E-state index is 0.00528. The molecule has 0 heterocycles. The van der Waals surface area contributed by atoms with E-state index in [0.29, 0.717) is 12.1 Å². The molecule has 4 nitrogen and oxygen atoms in total. The van der Waals surface area contributed by atoms with Crippen molar-refractivity contribution < 1.29 is 9.59 Å². The van der Waals surface area contributed by atoms with Gasteiger partial charge in [0.05, 0.1) is 6.04 Å². The second kappa shape index (κ2) is 10.6. The molecule has 3 aromatic carbocycles. The molecule has 3 saturated carbocycles. The van der Waals surface area contributed by atoms with Crippen LogP contribution in [-0.2, 0) is 10.2 Å². The minimum Gasteiger partial charge on any atom is -0.351 e. The summed E-state index contributed by atoms with van der Waals surface area (Å²) in [6.45, 7) is 9.36. The Morgan fingerprint density at radius 1 is 0.795 bits per heavy atom. The van der Waals surface area contributed by atoms with Crippen molar-refractivity contribution in [2.45, 2.75) is 77.7 Å². The molecule has 1 atom stereocenters. The monoisotopic (exact) mass is 522 g/mol. The predicted molar refractivity (Wildman–Crippen MR) is 158 cm³/mol. The highest BCUT2D eigenvalue weighted by Gasteiger charge is 2.52. The third-order valence-corrected chi connectivity index (χ3v) is 9.39. The third kappa shape index (κ3) is 5.66. The average Bonchev–Trinajstić information content (AvgIpc) is 2.97. The lowest BCUT2D eigenvalue weighted by molar-refractivity contribution is -0.141. The van der Waals surface area contributed by atoms with Crippen molar-refractivity contribution in [2.24, 2.45) is 10.8 Å². The highest BCUT2D eigenvalue weighted by Crippen LogP contribution is 2.56. The van der Waals surface area contributed by atoms with Crippen LogP contribution in [0.5, 0.6) is 0 Å². The summed E-state index contributed by atoms with van der Waals surface area (Å²) >= 11 is 0. The highest BCUT2D eigenvalue weighted by atomic mass is 16.2. The molecular weight excluding hydrogens is 480 g/mol. The van der Waals surface area contributed by atoms with Crippen LogP contribution in [0, 0.1) is 10.8 Å². The van der Waals surface area contributed by atoms with Crippen molar-refractivity contribution >= 4 is 11.8 Å². The molecule has 3 aliphatic carbocycles. The van der Waals surface area contributed by atoms with E-state index in [1.807, 2.05) is 42.5 Å². The van der Waals surface area contributed by atoms with Crippen LogP contribution in [0.2, 0.25) is 0 Å². The van der Waals surface area contributed by atoms with Gasteiger partial charge in [-0.15, -0.1) is 0 Å². The van der Waals surface area contributed by atoms with Crippen LogP contribution in [0.3, 0.4) is 0 Å². The second-order valence-corrected chi connectivity index (χ2v) is 12.9. The van der Waals surface area contributed by atoms with E-state index in [1.165, 1.54) is 5.56 Å². The topological polar surface area (TPSA) is 58.2 Å². The largest absolute Gasteiger partial charge is 0.351 e. The molecule has 0 spiro atoms. The number of nitrogens with one attached hydrogen (secondary N) is 2. The smallest absolute Gasteiger partial charge is 0.251 e. The molecule has 3 aromatic rings. The Balaban J connectivity index is 1.21. The normalized spacial score (nSPS) is 23.2. The molecule has 6 rings (SSSR count). The second-order valence-electron chi connectivity index (χ2n) is 12.9. The first-order valence-corrected chi connectivity index (χ1v) is 14.5. The van der Waals surface area contributed by atoms with E-state index in [1.54, 1.807) is 0 Å². The number of hydrogen-bond donors (Lipinski definition) is 2. The van der Waals surface area contributed by atoms with Gasteiger partial charge in [-0.05, 0) is 84.6 Å². The van der Waals surface area contributed by atoms with E-state index in [2.05, 4.69) is 74.7 Å². The van der Waals surface area contributed by atoms with Crippen molar-refractivity contribution in [1.82, 2.24) is 10.6 Å². The van der Waals surface area contributed by atoms with Crippen LogP contribution in [0.15, 0.2) is 78.9 Å². The maximum atomic E-state index is 13.4. The van der Waals surface area contributed by atoms with E-state index in [-0.39, 0.29) is 34.1 Å². The van der Waals surface area contributed by atoms with Crippen LogP contribution < -0.4 is 10.6 Å². The van der Waals surface area contributed by atoms with Gasteiger partial charge >= 0.3 is 0 Å². The summed E-state index contributed by atoms with van der Waals surface area (Å²) in [7, 11) is 0. The molecule has 3 fully saturated rings. The third-order valence-electron chi connectivity index (χ3n) is 9.39. The number of carbonyl (C=O) groups excluding carboxylic acids is 2. The van der Waals surface area contributed by atoms with Crippen molar-refractivity contribution in [1.29, 1.82) is 0 Å². The fourth-order valence-electron chi connectivity index (χ4n) is 6.49. The van der Waals surface area contributed by atoms with Crippen molar-refractivity contribution in [2.75, 3.05) is 6.54 Å². The van der Waals surface area contributed by atoms with E-state index in [0.717, 1.165) is 55.2 Å². The number of carbonyl (C=O) groups is 2. The van der Waals surface area contributed by atoms with Gasteiger partial charge in [-0.1, -0.05) is 93.6 Å². The van der Waals surface area contributed by atoms with Crippen LogP contribution in [-0.4, -0.2) is 18.4 Å². The van der Waals surface area contributed by atoms with Crippen molar-refractivity contribution in [3.8, 4) is 11.1 Å². The molecule has 39 heavy (non-hydrogen) atoms. The first kappa shape index (κ1) is 27.2. The summed E-state index contributed by atoms with van der Waals surface area (Å²) in [6.07, 6.45) is 5.63. The van der Waals surface area contributed by atoms with Gasteiger partial charge in [0.15, 0.2) is 0 Å². The molecule has 2 bridgehead atoms. The number of benzene rings is 3. The Kier molecular flexibility index (Phi) is 7.41. The first-order chi connectivity index (χ1) is 18.6. The fourth-order valence-corrected chi connectivity index (χ4v) is 6.49. The first-order valence-electron chi connectivity index (χ1n) is 14.5. The maximum absolute atomic E-state index is 13.4. The highest BCUT2D eigenvalue weighted by molar-refractivity contribution is 6.00. The molecule has 0 radical (unpaired) electrons. The molecule has 4 heteroatoms. The average molecular weight is 523 g/mol. The van der Waals surface area contributed by atoms with Gasteiger partial charge in [0.2, 0.25) is 5.91 Å². The summed E-state index contributed by atoms with van der Waals surface area (Å²) in [4.78, 5) is 26.8. The van der Waals surface area contributed by atoms with Gasteiger partial charge in [-0.3, -0.25) is 9.59 Å². The van der Waals surface area contributed by atoms with Gasteiger partial charge in [0.25, 0.3) is 5.91 Å². The standard InChI is InChI=1S/C35H42N2O2/c1-25(26-10-6-5-7-11-26)37-32(39)35-21-18-34(19-22-35,20-23-35)24-36-31(38)30-13-9-8-12-29(30)27-14-16-28(17-15-27)33(2,3)4/h5-17,25H,18-24H2,1-4H3,(H,36,38)(H,37,39). The van der Waals surface area contributed by atoms with Gasteiger partial charge in [-0.2, -0.15) is 0 Å². The van der Waals surface area contributed by atoms with Crippen LogP contribution >= 0.6 is 0 Å². The van der Waals surface area contributed by atoms with Gasteiger partial charge in [0, 0.05) is 17.5 Å². The lowest BCUT2D eigenvalue weighted by Crippen LogP contribution is -2.53. The van der Waals surface area contributed by atoms with Crippen molar-refractivity contribution in [3.63, 3.8) is 0 Å². The molecule has 0 saturated heterocycles. The summed E-state index contributed by atoms with van der Waals surface area (Å²) < 4.78 is 0. The summed E-state index contributed by atoms with van der Waals surface area (Å²) in [5.41, 5.74) is 5.07. The van der Waals surface area contributed by atoms with Gasteiger partial charge < -0.3 is 10.6 Å². The lowest BCUT2D eigenvalue weighted by atomic mass is 9.53. The molecule has 2 amide bonds. The van der Waals surface area contributed by atoms with Crippen LogP contribution in [0.4, 0.5) is 0 Å². The van der Waals surface area contributed by atoms with E-state index < -0.39 is 0 Å². The molecule has 0 aliphatic heterocycles. The van der Waals surface area contributed by atoms with E-state index >= 15 is 0 Å². The molecule has 2 N–H and O–H groups in total. The fraction of sp³-hybridized carbons (Fsp3) is 0.429. The quantitative estimate of drug-likeness (QED) is 0.336. The predicted octanol–water partition coefficient (Wildman–Crippen LogP) is 7.60. The van der Waals surface area contributed by atoms with Gasteiger partial charge in [-0.25, -0.2) is 0 Å². The van der Waals surface area contributed by atoms with E-state index in [4.69, 9.17) is 0 Å². The van der Waals surface area contributed by atoms with Crippen LogP contribution in [0.1, 0.15) is 93.7 Å². The minimum atomic E-state index is -0.263. The summed E-state index contributed by atoms with van der Waals surface area (Å²) in [6, 6.07) is 26.6. The SMILES string of the molecule is CC(NC(=O)C12CCC(CNC(=O)c3ccccc3-c3ccc(C(C)(C)C)cc3)(CC1)CC2)c1ccccc1. The number of rotatable bonds is 7.